The van der Waals surface area contributed by atoms with Crippen LogP contribution < -0.4 is 67.6 Å². The van der Waals surface area contributed by atoms with Gasteiger partial charge in [-0.25, -0.2) is 0 Å². The number of benzene rings is 4. The molecule has 0 heterocycles. The molecule has 0 radical (unpaired) electrons. The summed E-state index contributed by atoms with van der Waals surface area (Å²) in [4.78, 5) is 88.4. The maximum Gasteiger partial charge on any atom is 0.255 e. The molecular formula is C40H45N9O12. The Bertz CT molecular complexity index is 2300. The van der Waals surface area contributed by atoms with Crippen LogP contribution in [0.4, 0.5) is 22.7 Å². The van der Waals surface area contributed by atoms with Crippen molar-refractivity contribution in [2.24, 2.45) is 11.5 Å². The normalized spacial score (nSPS) is 10.9. The van der Waals surface area contributed by atoms with Crippen LogP contribution >= 0.6 is 0 Å². The maximum atomic E-state index is 13.2. The minimum atomic E-state index is -1.29. The number of ether oxygens (including phenoxy) is 4. The van der Waals surface area contributed by atoms with Gasteiger partial charge in [-0.1, -0.05) is 0 Å². The van der Waals surface area contributed by atoms with Crippen molar-refractivity contribution >= 4 is 64.1 Å². The standard InChI is InChI=1S/C40H45N9O12/c1-58-29-9-5-21(13-25(29)37(42)54)47-34(51)18-43-39(56)27-15-23(7-11-31(27)60-3)49-36(53)20-45-40(57)28-16-24(8-12-32(28)61-4)48-35(52)19-44-38(55)26-14-22(46-33(50)17-41)6-10-30(26)59-2/h5-16,34,47,51H,17-20,41H2,1-4H3,(H2,42,54)(H,43,56)(H,44,55)(H,45,57)(H,46,50)(H,48,52)(H,49,53). The van der Waals surface area contributed by atoms with Gasteiger partial charge >= 0.3 is 0 Å². The molecule has 1 unspecified atom stereocenters. The summed E-state index contributed by atoms with van der Waals surface area (Å²) in [5.41, 5.74) is 11.8. The van der Waals surface area contributed by atoms with Gasteiger partial charge in [0, 0.05) is 22.7 Å². The lowest BCUT2D eigenvalue weighted by Crippen LogP contribution is -2.36. The first kappa shape index (κ1) is 45.8. The third kappa shape index (κ3) is 12.8. The molecule has 21 heteroatoms. The van der Waals surface area contributed by atoms with Crippen LogP contribution in [-0.4, -0.2) is 107 Å². The summed E-state index contributed by atoms with van der Waals surface area (Å²) in [5.74, 6) is -3.85. The molecule has 0 aliphatic heterocycles. The van der Waals surface area contributed by atoms with E-state index in [1.54, 1.807) is 6.07 Å². The van der Waals surface area contributed by atoms with Gasteiger partial charge in [0.05, 0.1) is 76.9 Å². The molecular weight excluding hydrogens is 798 g/mol. The fourth-order valence-electron chi connectivity index (χ4n) is 5.54. The summed E-state index contributed by atoms with van der Waals surface area (Å²) in [6.45, 7) is -1.54. The summed E-state index contributed by atoms with van der Waals surface area (Å²) < 4.78 is 20.9. The van der Waals surface area contributed by atoms with E-state index in [4.69, 9.17) is 30.4 Å². The number of aliphatic hydroxyl groups is 1. The number of carbonyl (C=O) groups excluding carboxylic acids is 7. The van der Waals surface area contributed by atoms with E-state index in [1.807, 2.05) is 0 Å². The summed E-state index contributed by atoms with van der Waals surface area (Å²) in [6.07, 6.45) is -1.29. The Hall–Kier alpha value is -7.91. The van der Waals surface area contributed by atoms with Crippen molar-refractivity contribution in [3.05, 3.63) is 95.1 Å². The second-order valence-electron chi connectivity index (χ2n) is 12.6. The molecule has 0 aliphatic rings. The number of hydrogen-bond donors (Lipinski definition) is 10. The third-order valence-electron chi connectivity index (χ3n) is 8.44. The molecule has 0 spiro atoms. The monoisotopic (exact) mass is 843 g/mol. The lowest BCUT2D eigenvalue weighted by molar-refractivity contribution is -0.116. The van der Waals surface area contributed by atoms with Crippen LogP contribution in [-0.2, 0) is 14.4 Å². The van der Waals surface area contributed by atoms with Crippen LogP contribution in [0.1, 0.15) is 41.4 Å². The molecule has 4 aromatic carbocycles. The SMILES string of the molecule is COc1ccc(NC(O)CNC(=O)c2cc(NC(=O)CNC(=O)c3cc(NC(=O)CNC(=O)c4cc(NC(=O)CN)ccc4OC)ccc3OC)ccc2OC)cc1C(N)=O. The summed E-state index contributed by atoms with van der Waals surface area (Å²) in [6, 6.07) is 17.2. The average Bonchev–Trinajstić information content (AvgIpc) is 3.26. The topological polar surface area (TPSA) is 313 Å². The first-order chi connectivity index (χ1) is 29.2. The van der Waals surface area contributed by atoms with Crippen molar-refractivity contribution in [1.82, 2.24) is 16.0 Å². The minimum Gasteiger partial charge on any atom is -0.496 e. The van der Waals surface area contributed by atoms with Crippen molar-refractivity contribution < 1.29 is 57.6 Å². The number of primary amides is 1. The number of aliphatic hydroxyl groups excluding tert-OH is 1. The van der Waals surface area contributed by atoms with Gasteiger partial charge in [0.15, 0.2) is 0 Å². The Balaban J connectivity index is 1.32. The Morgan fingerprint density at radius 3 is 1.25 bits per heavy atom. The van der Waals surface area contributed by atoms with Gasteiger partial charge in [0.2, 0.25) is 17.7 Å². The van der Waals surface area contributed by atoms with Crippen LogP contribution in [0.25, 0.3) is 0 Å². The highest BCUT2D eigenvalue weighted by atomic mass is 16.5. The lowest BCUT2D eigenvalue weighted by Gasteiger charge is -2.17. The molecule has 21 nitrogen and oxygen atoms in total. The highest BCUT2D eigenvalue weighted by molar-refractivity contribution is 6.05. The van der Waals surface area contributed by atoms with E-state index in [0.717, 1.165) is 0 Å². The second-order valence-corrected chi connectivity index (χ2v) is 12.6. The first-order valence-electron chi connectivity index (χ1n) is 18.1. The van der Waals surface area contributed by atoms with Crippen molar-refractivity contribution in [3.8, 4) is 23.0 Å². The molecule has 61 heavy (non-hydrogen) atoms. The second kappa shape index (κ2) is 21.7. The summed E-state index contributed by atoms with van der Waals surface area (Å²) in [5, 5.41) is 28.4. The zero-order chi connectivity index (χ0) is 44.6. The van der Waals surface area contributed by atoms with E-state index < -0.39 is 60.7 Å². The van der Waals surface area contributed by atoms with Crippen LogP contribution in [0.3, 0.4) is 0 Å². The van der Waals surface area contributed by atoms with Gasteiger partial charge in [-0.2, -0.15) is 0 Å². The lowest BCUT2D eigenvalue weighted by atomic mass is 10.1. The molecule has 4 aromatic rings. The Morgan fingerprint density at radius 2 is 0.869 bits per heavy atom. The predicted octanol–water partition coefficient (Wildman–Crippen LogP) is 0.614. The smallest absolute Gasteiger partial charge is 0.255 e. The number of carbonyl (C=O) groups is 7. The molecule has 322 valence electrons. The average molecular weight is 844 g/mol. The van der Waals surface area contributed by atoms with Crippen molar-refractivity contribution in [3.63, 3.8) is 0 Å². The molecule has 0 aliphatic carbocycles. The van der Waals surface area contributed by atoms with Crippen LogP contribution in [0.5, 0.6) is 23.0 Å². The van der Waals surface area contributed by atoms with E-state index in [-0.39, 0.29) is 69.7 Å². The fourth-order valence-corrected chi connectivity index (χ4v) is 5.54. The zero-order valence-corrected chi connectivity index (χ0v) is 33.4. The summed E-state index contributed by atoms with van der Waals surface area (Å²) >= 11 is 0. The highest BCUT2D eigenvalue weighted by Crippen LogP contribution is 2.26. The number of amides is 7. The van der Waals surface area contributed by atoms with E-state index in [2.05, 4.69) is 37.2 Å². The molecule has 7 amide bonds. The van der Waals surface area contributed by atoms with Gasteiger partial charge in [-0.15, -0.1) is 0 Å². The number of nitrogens with two attached hydrogens (primary N) is 2. The quantitative estimate of drug-likeness (QED) is 0.0546. The van der Waals surface area contributed by atoms with E-state index >= 15 is 0 Å². The van der Waals surface area contributed by atoms with Gasteiger partial charge < -0.3 is 72.7 Å². The van der Waals surface area contributed by atoms with Crippen LogP contribution in [0.15, 0.2) is 72.8 Å². The van der Waals surface area contributed by atoms with Gasteiger partial charge in [0.1, 0.15) is 29.2 Å². The minimum absolute atomic E-state index is 0.0161. The van der Waals surface area contributed by atoms with Crippen molar-refractivity contribution in [2.45, 2.75) is 6.23 Å². The number of nitrogens with one attached hydrogen (secondary N) is 7. The first-order valence-corrected chi connectivity index (χ1v) is 18.1. The molecule has 4 rings (SSSR count). The Labute approximate surface area is 348 Å². The van der Waals surface area contributed by atoms with Gasteiger partial charge in [0.25, 0.3) is 23.6 Å². The number of anilines is 4. The fraction of sp³-hybridized carbons (Fsp3) is 0.225. The Kier molecular flexibility index (Phi) is 16.3. The van der Waals surface area contributed by atoms with E-state index in [0.29, 0.717) is 11.4 Å². The zero-order valence-electron chi connectivity index (χ0n) is 33.4. The number of hydrogen-bond acceptors (Lipinski definition) is 14. The molecule has 0 fully saturated rings. The van der Waals surface area contributed by atoms with Crippen LogP contribution in [0.2, 0.25) is 0 Å². The Morgan fingerprint density at radius 1 is 0.525 bits per heavy atom. The molecule has 0 bridgehead atoms. The molecule has 0 saturated carbocycles. The maximum absolute atomic E-state index is 13.2. The van der Waals surface area contributed by atoms with Gasteiger partial charge in [-0.05, 0) is 72.8 Å². The third-order valence-corrected chi connectivity index (χ3v) is 8.44. The number of methoxy groups -OCH3 is 4. The molecule has 0 saturated heterocycles. The largest absolute Gasteiger partial charge is 0.496 e. The van der Waals surface area contributed by atoms with Crippen molar-refractivity contribution in [1.29, 1.82) is 0 Å². The van der Waals surface area contributed by atoms with Crippen LogP contribution in [0, 0.1) is 0 Å². The number of rotatable bonds is 20. The van der Waals surface area contributed by atoms with E-state index in [1.165, 1.54) is 95.2 Å². The van der Waals surface area contributed by atoms with Crippen molar-refractivity contribution in [2.75, 3.05) is 75.9 Å². The highest BCUT2D eigenvalue weighted by Gasteiger charge is 2.20. The predicted molar refractivity (Wildman–Crippen MR) is 222 cm³/mol. The van der Waals surface area contributed by atoms with Gasteiger partial charge in [-0.3, -0.25) is 33.6 Å². The molecule has 12 N–H and O–H groups in total. The molecule has 1 atom stereocenters. The summed E-state index contributed by atoms with van der Waals surface area (Å²) in [7, 11) is 5.40. The van der Waals surface area contributed by atoms with E-state index in [9.17, 15) is 38.7 Å². The molecule has 0 aromatic heterocycles.